The van der Waals surface area contributed by atoms with Crippen LogP contribution in [0.2, 0.25) is 0 Å². The third-order valence-corrected chi connectivity index (χ3v) is 11.7. The van der Waals surface area contributed by atoms with Crippen LogP contribution < -0.4 is 0 Å². The molecule has 0 saturated heterocycles. The summed E-state index contributed by atoms with van der Waals surface area (Å²) in [5.41, 5.74) is 7.11. The fraction of sp³-hybridized carbons (Fsp3) is 0. The van der Waals surface area contributed by atoms with Crippen molar-refractivity contribution in [2.75, 3.05) is 0 Å². The van der Waals surface area contributed by atoms with Crippen LogP contribution in [0, 0.1) is 0 Å². The van der Waals surface area contributed by atoms with Crippen molar-refractivity contribution in [3.8, 4) is 23.2 Å². The lowest BCUT2D eigenvalue weighted by molar-refractivity contribution is 1.01. The van der Waals surface area contributed by atoms with Crippen LogP contribution in [-0.4, -0.2) is 29.1 Å². The van der Waals surface area contributed by atoms with Gasteiger partial charge in [0.2, 0.25) is 11.9 Å². The van der Waals surface area contributed by atoms with Crippen molar-refractivity contribution in [1.29, 1.82) is 0 Å². The van der Waals surface area contributed by atoms with E-state index in [1.54, 1.807) is 11.3 Å². The van der Waals surface area contributed by atoms with Gasteiger partial charge in [-0.15, -0.1) is 11.3 Å². The molecule has 0 radical (unpaired) electrons. The molecular formula is C46H26N6S. The molecule has 0 saturated carbocycles. The van der Waals surface area contributed by atoms with Gasteiger partial charge in [0.25, 0.3) is 0 Å². The van der Waals surface area contributed by atoms with E-state index in [-0.39, 0.29) is 0 Å². The highest BCUT2D eigenvalue weighted by Gasteiger charge is 2.24. The summed E-state index contributed by atoms with van der Waals surface area (Å²) in [7, 11) is 0. The van der Waals surface area contributed by atoms with E-state index in [1.807, 2.05) is 24.4 Å². The SMILES string of the molecule is c1ccc2nc(-n3c4ccccc4c4ccc5c(c6ccccc6n5-c5nc(-c6cccc7ccccc67)c6c(n5)sc5ccccc56)c43)ncc2c1. The van der Waals surface area contributed by atoms with Crippen molar-refractivity contribution in [2.45, 2.75) is 0 Å². The topological polar surface area (TPSA) is 61.4 Å². The molecule has 0 atom stereocenters. The number of hydrogen-bond acceptors (Lipinski definition) is 5. The Balaban J connectivity index is 1.23. The molecule has 5 aromatic heterocycles. The largest absolute Gasteiger partial charge is 0.278 e. The summed E-state index contributed by atoms with van der Waals surface area (Å²) in [6.07, 6.45) is 1.92. The van der Waals surface area contributed by atoms with Crippen LogP contribution in [0.15, 0.2) is 158 Å². The van der Waals surface area contributed by atoms with Gasteiger partial charge in [-0.25, -0.2) is 19.9 Å². The van der Waals surface area contributed by atoms with Gasteiger partial charge in [0.15, 0.2) is 0 Å². The van der Waals surface area contributed by atoms with E-state index in [0.29, 0.717) is 11.9 Å². The molecule has 0 unspecified atom stereocenters. The highest BCUT2D eigenvalue weighted by atomic mass is 32.1. The Kier molecular flexibility index (Phi) is 5.84. The Hall–Kier alpha value is -6.96. The van der Waals surface area contributed by atoms with Gasteiger partial charge >= 0.3 is 0 Å². The van der Waals surface area contributed by atoms with Gasteiger partial charge in [-0.05, 0) is 41.1 Å². The van der Waals surface area contributed by atoms with Crippen LogP contribution in [0.4, 0.5) is 0 Å². The van der Waals surface area contributed by atoms with Crippen LogP contribution in [0.5, 0.6) is 0 Å². The molecule has 0 amide bonds. The Bertz CT molecular complexity index is 3480. The standard InChI is InChI=1S/C46H26N6S/c1-3-15-29-27(12-1)14-11-19-31(29)42-41-34-18-6-10-23-39(34)53-44(41)50-46(49-42)51-37-22-9-5-17-33(37)40-38(51)25-24-32-30-16-4-8-21-36(30)52(43(32)40)45-47-26-28-13-2-7-20-35(28)48-45/h1-26H. The first kappa shape index (κ1) is 28.7. The van der Waals surface area contributed by atoms with E-state index in [4.69, 9.17) is 19.9 Å². The molecular weight excluding hydrogens is 669 g/mol. The minimum Gasteiger partial charge on any atom is -0.278 e. The van der Waals surface area contributed by atoms with E-state index in [1.165, 1.54) is 20.9 Å². The van der Waals surface area contributed by atoms with Crippen molar-refractivity contribution in [1.82, 2.24) is 29.1 Å². The number of aromatic nitrogens is 6. The number of rotatable bonds is 3. The molecule has 246 valence electrons. The summed E-state index contributed by atoms with van der Waals surface area (Å²) >= 11 is 1.72. The normalized spacial score (nSPS) is 12.2. The molecule has 0 aliphatic rings. The van der Waals surface area contributed by atoms with Gasteiger partial charge in [0.05, 0.1) is 33.3 Å². The average Bonchev–Trinajstić information content (AvgIpc) is 3.88. The van der Waals surface area contributed by atoms with Gasteiger partial charge in [-0.1, -0.05) is 121 Å². The Morgan fingerprint density at radius 3 is 2.02 bits per heavy atom. The molecule has 0 aliphatic carbocycles. The van der Waals surface area contributed by atoms with Gasteiger partial charge < -0.3 is 0 Å². The van der Waals surface area contributed by atoms with Crippen LogP contribution in [-0.2, 0) is 0 Å². The smallest absolute Gasteiger partial charge is 0.236 e. The molecule has 6 nitrogen and oxygen atoms in total. The van der Waals surface area contributed by atoms with Gasteiger partial charge in [-0.3, -0.25) is 9.13 Å². The maximum Gasteiger partial charge on any atom is 0.236 e. The number of para-hydroxylation sites is 3. The highest BCUT2D eigenvalue weighted by Crippen LogP contribution is 2.44. The average molecular weight is 695 g/mol. The minimum atomic E-state index is 0.639. The number of fused-ring (bicyclic) bond motifs is 12. The van der Waals surface area contributed by atoms with Crippen molar-refractivity contribution in [3.05, 3.63) is 158 Å². The molecule has 7 heteroatoms. The summed E-state index contributed by atoms with van der Waals surface area (Å²) in [6.45, 7) is 0. The molecule has 53 heavy (non-hydrogen) atoms. The van der Waals surface area contributed by atoms with Gasteiger partial charge in [0.1, 0.15) is 4.83 Å². The number of hydrogen-bond donors (Lipinski definition) is 0. The predicted molar refractivity (Wildman–Crippen MR) is 220 cm³/mol. The van der Waals surface area contributed by atoms with Gasteiger partial charge in [0, 0.05) is 54.2 Å². The minimum absolute atomic E-state index is 0.639. The Labute approximate surface area is 305 Å². The first-order valence-corrected chi connectivity index (χ1v) is 18.5. The van der Waals surface area contributed by atoms with Crippen molar-refractivity contribution in [3.63, 3.8) is 0 Å². The summed E-state index contributed by atoms with van der Waals surface area (Å²) < 4.78 is 5.67. The second-order valence-electron chi connectivity index (χ2n) is 13.5. The molecule has 0 aliphatic heterocycles. The lowest BCUT2D eigenvalue weighted by Crippen LogP contribution is -2.03. The lowest BCUT2D eigenvalue weighted by atomic mass is 9.99. The quantitative estimate of drug-likeness (QED) is 0.185. The molecule has 0 fully saturated rings. The summed E-state index contributed by atoms with van der Waals surface area (Å²) in [6, 6.07) is 53.4. The van der Waals surface area contributed by atoms with Crippen LogP contribution in [0.25, 0.3) is 109 Å². The lowest BCUT2D eigenvalue weighted by Gasteiger charge is -2.12. The zero-order valence-corrected chi connectivity index (χ0v) is 28.9. The fourth-order valence-electron chi connectivity index (χ4n) is 8.34. The van der Waals surface area contributed by atoms with Crippen LogP contribution in [0.3, 0.4) is 0 Å². The third-order valence-electron chi connectivity index (χ3n) is 10.6. The monoisotopic (exact) mass is 694 g/mol. The molecule has 0 spiro atoms. The molecule has 0 N–H and O–H groups in total. The predicted octanol–water partition coefficient (Wildman–Crippen LogP) is 11.8. The summed E-state index contributed by atoms with van der Waals surface area (Å²) in [5, 5.41) is 10.1. The molecule has 12 aromatic rings. The molecule has 12 rings (SSSR count). The van der Waals surface area contributed by atoms with Crippen molar-refractivity contribution in [2.24, 2.45) is 0 Å². The Morgan fingerprint density at radius 2 is 1.13 bits per heavy atom. The molecule has 0 bridgehead atoms. The number of thiophene rings is 1. The zero-order valence-electron chi connectivity index (χ0n) is 28.1. The first-order chi connectivity index (χ1) is 26.3. The number of benzene rings is 7. The van der Waals surface area contributed by atoms with E-state index in [9.17, 15) is 0 Å². The van der Waals surface area contributed by atoms with E-state index >= 15 is 0 Å². The summed E-state index contributed by atoms with van der Waals surface area (Å²) in [4.78, 5) is 22.0. The highest BCUT2D eigenvalue weighted by molar-refractivity contribution is 7.25. The molecule has 7 aromatic carbocycles. The maximum absolute atomic E-state index is 5.55. The van der Waals surface area contributed by atoms with Crippen molar-refractivity contribution >= 4 is 96.9 Å². The molecule has 5 heterocycles. The van der Waals surface area contributed by atoms with Crippen molar-refractivity contribution < 1.29 is 0 Å². The van der Waals surface area contributed by atoms with Crippen LogP contribution in [0.1, 0.15) is 0 Å². The van der Waals surface area contributed by atoms with E-state index < -0.39 is 0 Å². The first-order valence-electron chi connectivity index (χ1n) is 17.7. The maximum atomic E-state index is 5.55. The van der Waals surface area contributed by atoms with Gasteiger partial charge in [-0.2, -0.15) is 0 Å². The van der Waals surface area contributed by atoms with E-state index in [2.05, 4.69) is 143 Å². The second kappa shape index (κ2) is 10.8. The van der Waals surface area contributed by atoms with E-state index in [0.717, 1.165) is 76.0 Å². The zero-order chi connectivity index (χ0) is 34.6. The second-order valence-corrected chi connectivity index (χ2v) is 14.5. The summed E-state index contributed by atoms with van der Waals surface area (Å²) in [5.74, 6) is 1.28. The van der Waals surface area contributed by atoms with Crippen LogP contribution >= 0.6 is 11.3 Å². The third kappa shape index (κ3) is 4.02. The number of nitrogens with zero attached hydrogens (tertiary/aromatic N) is 6. The Morgan fingerprint density at radius 1 is 0.434 bits per heavy atom. The fourth-order valence-corrected chi connectivity index (χ4v) is 9.41.